The standard InChI is InChI=1S/C28H31F2N4O3/c29-23-9-7-21(8-10-23)19-33(25-6-2-1-5-24(25)30)28(35)37-26-20-34(16-11-22(26)12-17-34)15-4-18-36-27-31-13-3-14-32-27/h1-3,5-10,13-14,22,26H,4,11-12,15-20H2/q+1. The molecule has 0 radical (unpaired) electrons. The zero-order chi connectivity index (χ0) is 25.7. The molecule has 3 fully saturated rings. The summed E-state index contributed by atoms with van der Waals surface area (Å²) in [7, 11) is 0. The van der Waals surface area contributed by atoms with Crippen molar-refractivity contribution >= 4 is 11.8 Å². The molecule has 2 bridgehead atoms. The number of hydrogen-bond donors (Lipinski definition) is 0. The van der Waals surface area contributed by atoms with Gasteiger partial charge in [0.05, 0.1) is 38.5 Å². The van der Waals surface area contributed by atoms with Crippen LogP contribution in [0.5, 0.6) is 6.01 Å². The van der Waals surface area contributed by atoms with Crippen LogP contribution in [0.15, 0.2) is 67.0 Å². The van der Waals surface area contributed by atoms with E-state index in [0.717, 1.165) is 49.9 Å². The van der Waals surface area contributed by atoms with Crippen LogP contribution < -0.4 is 9.64 Å². The maximum Gasteiger partial charge on any atom is 0.415 e. The second kappa shape index (κ2) is 11.2. The van der Waals surface area contributed by atoms with Crippen LogP contribution in [-0.2, 0) is 11.3 Å². The van der Waals surface area contributed by atoms with Gasteiger partial charge in [-0.1, -0.05) is 24.3 Å². The summed E-state index contributed by atoms with van der Waals surface area (Å²) in [6.07, 6.45) is 5.29. The highest BCUT2D eigenvalue weighted by atomic mass is 19.1. The first-order valence-electron chi connectivity index (χ1n) is 12.7. The number of benzene rings is 2. The van der Waals surface area contributed by atoms with Gasteiger partial charge in [-0.2, -0.15) is 0 Å². The van der Waals surface area contributed by atoms with Crippen molar-refractivity contribution in [1.29, 1.82) is 0 Å². The van der Waals surface area contributed by atoms with E-state index in [1.54, 1.807) is 48.8 Å². The van der Waals surface area contributed by atoms with Gasteiger partial charge in [0.15, 0.2) is 6.10 Å². The molecule has 0 saturated carbocycles. The molecule has 3 aromatic rings. The molecule has 37 heavy (non-hydrogen) atoms. The lowest BCUT2D eigenvalue weighted by molar-refractivity contribution is -0.946. The van der Waals surface area contributed by atoms with E-state index in [2.05, 4.69) is 9.97 Å². The van der Waals surface area contributed by atoms with Crippen molar-refractivity contribution < 1.29 is 27.5 Å². The third-order valence-corrected chi connectivity index (χ3v) is 7.46. The van der Waals surface area contributed by atoms with Crippen molar-refractivity contribution in [3.63, 3.8) is 0 Å². The predicted molar refractivity (Wildman–Crippen MR) is 134 cm³/mol. The van der Waals surface area contributed by atoms with Crippen molar-refractivity contribution in [3.05, 3.63) is 84.2 Å². The summed E-state index contributed by atoms with van der Waals surface area (Å²) < 4.78 is 40.8. The highest BCUT2D eigenvalue weighted by molar-refractivity contribution is 5.87. The number of carbonyl (C=O) groups is 1. The Hall–Kier alpha value is -3.59. The maximum absolute atomic E-state index is 14.7. The number of amides is 1. The van der Waals surface area contributed by atoms with E-state index in [0.29, 0.717) is 24.1 Å². The first-order valence-corrected chi connectivity index (χ1v) is 12.7. The first-order chi connectivity index (χ1) is 18.0. The number of para-hydroxylation sites is 1. The van der Waals surface area contributed by atoms with E-state index in [9.17, 15) is 13.6 Å². The van der Waals surface area contributed by atoms with Crippen LogP contribution in [0, 0.1) is 17.6 Å². The average molecular weight is 510 g/mol. The minimum atomic E-state index is -0.587. The number of hydrogen-bond acceptors (Lipinski definition) is 5. The number of carbonyl (C=O) groups excluding carboxylic acids is 1. The summed E-state index contributed by atoms with van der Waals surface area (Å²) in [6, 6.07) is 14.1. The largest absolute Gasteiger partial charge is 0.463 e. The second-order valence-electron chi connectivity index (χ2n) is 9.85. The van der Waals surface area contributed by atoms with Crippen molar-refractivity contribution in [3.8, 4) is 6.01 Å². The lowest BCUT2D eigenvalue weighted by atomic mass is 9.83. The molecule has 3 aliphatic heterocycles. The van der Waals surface area contributed by atoms with Gasteiger partial charge >= 0.3 is 12.1 Å². The van der Waals surface area contributed by atoms with Gasteiger partial charge in [0.2, 0.25) is 0 Å². The van der Waals surface area contributed by atoms with Crippen LogP contribution in [0.4, 0.5) is 19.3 Å². The van der Waals surface area contributed by atoms with Crippen LogP contribution in [0.2, 0.25) is 0 Å². The Bertz CT molecular complexity index is 1190. The van der Waals surface area contributed by atoms with Crippen LogP contribution in [-0.4, -0.2) is 59.4 Å². The highest BCUT2D eigenvalue weighted by Gasteiger charge is 2.47. The Morgan fingerprint density at radius 1 is 1.00 bits per heavy atom. The molecule has 3 saturated heterocycles. The number of halogens is 2. The molecule has 0 N–H and O–H groups in total. The molecule has 7 nitrogen and oxygen atoms in total. The molecule has 2 aromatic carbocycles. The molecule has 4 heterocycles. The van der Waals surface area contributed by atoms with E-state index in [1.165, 1.54) is 23.1 Å². The van der Waals surface area contributed by atoms with Crippen LogP contribution in [0.1, 0.15) is 24.8 Å². The summed E-state index contributed by atoms with van der Waals surface area (Å²) in [4.78, 5) is 22.9. The highest BCUT2D eigenvalue weighted by Crippen LogP contribution is 2.36. The zero-order valence-electron chi connectivity index (χ0n) is 20.6. The second-order valence-corrected chi connectivity index (χ2v) is 9.85. The monoisotopic (exact) mass is 509 g/mol. The summed E-state index contributed by atoms with van der Waals surface area (Å²) in [6.45, 7) is 4.35. The summed E-state index contributed by atoms with van der Waals surface area (Å²) in [5, 5.41) is 0. The molecular formula is C28H31F2N4O3+. The van der Waals surface area contributed by atoms with E-state index in [-0.39, 0.29) is 24.2 Å². The topological polar surface area (TPSA) is 64.5 Å². The molecule has 1 aromatic heterocycles. The van der Waals surface area contributed by atoms with Crippen LogP contribution >= 0.6 is 0 Å². The number of aromatic nitrogens is 2. The lowest BCUT2D eigenvalue weighted by Crippen LogP contribution is -2.65. The summed E-state index contributed by atoms with van der Waals surface area (Å²) >= 11 is 0. The lowest BCUT2D eigenvalue weighted by Gasteiger charge is -2.52. The minimum absolute atomic E-state index is 0.0797. The van der Waals surface area contributed by atoms with Gasteiger partial charge in [-0.25, -0.2) is 23.5 Å². The summed E-state index contributed by atoms with van der Waals surface area (Å²) in [5.74, 6) is -0.584. The number of piperidine rings is 3. The third-order valence-electron chi connectivity index (χ3n) is 7.46. The molecule has 0 spiro atoms. The van der Waals surface area contributed by atoms with E-state index in [1.807, 2.05) is 0 Å². The molecule has 1 amide bonds. The van der Waals surface area contributed by atoms with Crippen molar-refractivity contribution in [1.82, 2.24) is 9.97 Å². The fourth-order valence-electron chi connectivity index (χ4n) is 5.48. The van der Waals surface area contributed by atoms with Gasteiger partial charge in [-0.3, -0.25) is 4.90 Å². The van der Waals surface area contributed by atoms with Gasteiger partial charge in [0.1, 0.15) is 18.2 Å². The van der Waals surface area contributed by atoms with Gasteiger partial charge in [-0.05, 0) is 35.9 Å². The number of anilines is 1. The molecule has 0 aliphatic carbocycles. The molecule has 1 unspecified atom stereocenters. The van der Waals surface area contributed by atoms with Gasteiger partial charge in [0, 0.05) is 37.6 Å². The van der Waals surface area contributed by atoms with Gasteiger partial charge in [0.25, 0.3) is 0 Å². The number of fused-ring (bicyclic) bond motifs is 3. The average Bonchev–Trinajstić information content (AvgIpc) is 2.92. The van der Waals surface area contributed by atoms with Gasteiger partial charge < -0.3 is 14.0 Å². The molecular weight excluding hydrogens is 478 g/mol. The maximum atomic E-state index is 14.7. The molecule has 1 atom stereocenters. The van der Waals surface area contributed by atoms with Crippen molar-refractivity contribution in [2.75, 3.05) is 37.7 Å². The minimum Gasteiger partial charge on any atom is -0.463 e. The smallest absolute Gasteiger partial charge is 0.415 e. The quantitative estimate of drug-likeness (QED) is 0.301. The Morgan fingerprint density at radius 3 is 2.46 bits per heavy atom. The Balaban J connectivity index is 1.24. The Labute approximate surface area is 215 Å². The fourth-order valence-corrected chi connectivity index (χ4v) is 5.48. The Kier molecular flexibility index (Phi) is 7.60. The third kappa shape index (κ3) is 6.05. The SMILES string of the molecule is O=C(OC1C[N+]2(CCCOc3ncccn3)CCC1CC2)N(Cc1ccc(F)cc1)c1ccccc1F. The van der Waals surface area contributed by atoms with E-state index < -0.39 is 11.9 Å². The van der Waals surface area contributed by atoms with Crippen LogP contribution in [0.3, 0.4) is 0 Å². The molecule has 3 aliphatic rings. The Morgan fingerprint density at radius 2 is 1.73 bits per heavy atom. The van der Waals surface area contributed by atoms with Crippen molar-refractivity contribution in [2.45, 2.75) is 31.9 Å². The van der Waals surface area contributed by atoms with E-state index >= 15 is 0 Å². The molecule has 6 rings (SSSR count). The summed E-state index contributed by atoms with van der Waals surface area (Å²) in [5.41, 5.74) is 0.823. The first kappa shape index (κ1) is 25.1. The van der Waals surface area contributed by atoms with Gasteiger partial charge in [-0.15, -0.1) is 0 Å². The van der Waals surface area contributed by atoms with Crippen LogP contribution in [0.25, 0.3) is 0 Å². The number of rotatable bonds is 9. The normalized spacial score (nSPS) is 22.4. The zero-order valence-corrected chi connectivity index (χ0v) is 20.6. The number of nitrogens with zero attached hydrogens (tertiary/aromatic N) is 4. The number of quaternary nitrogens is 1. The van der Waals surface area contributed by atoms with Crippen molar-refractivity contribution in [2.24, 2.45) is 5.92 Å². The molecule has 9 heteroatoms. The molecule has 194 valence electrons. The predicted octanol–water partition coefficient (Wildman–Crippen LogP) is 4.98. The number of ether oxygens (including phenoxy) is 2. The fraction of sp³-hybridized carbons (Fsp3) is 0.393. The van der Waals surface area contributed by atoms with E-state index in [4.69, 9.17) is 9.47 Å².